The number of nitrogens with zero attached hydrogens (tertiary/aromatic N) is 2. The maximum absolute atomic E-state index is 5.73. The minimum absolute atomic E-state index is 0.109. The number of aromatic nitrogens is 2. The molecule has 0 amide bonds. The third kappa shape index (κ3) is 3.03. The lowest BCUT2D eigenvalue weighted by atomic mass is 9.93. The van der Waals surface area contributed by atoms with Gasteiger partial charge in [0, 0.05) is 34.8 Å². The average Bonchev–Trinajstić information content (AvgIpc) is 2.65. The molecule has 2 rings (SSSR count). The van der Waals surface area contributed by atoms with Gasteiger partial charge in [0.1, 0.15) is 0 Å². The van der Waals surface area contributed by atoms with Crippen LogP contribution in [0.5, 0.6) is 0 Å². The molecule has 2 N–H and O–H groups in total. The molecule has 4 heteroatoms. The van der Waals surface area contributed by atoms with Gasteiger partial charge in [0.2, 0.25) is 0 Å². The monoisotopic (exact) mass is 247 g/mol. The fourth-order valence-electron chi connectivity index (χ4n) is 1.49. The van der Waals surface area contributed by atoms with Gasteiger partial charge in [-0.15, -0.1) is 11.3 Å². The molecule has 2 aromatic rings. The SMILES string of the molecule is CC(C)(C)c1csc(Cc2cc(N)ccn2)n1. The summed E-state index contributed by atoms with van der Waals surface area (Å²) in [5, 5.41) is 3.22. The van der Waals surface area contributed by atoms with E-state index >= 15 is 0 Å². The fourth-order valence-corrected chi connectivity index (χ4v) is 2.52. The number of thiazole rings is 1. The topological polar surface area (TPSA) is 51.8 Å². The Morgan fingerprint density at radius 1 is 1.35 bits per heavy atom. The Labute approximate surface area is 106 Å². The molecule has 0 fully saturated rings. The normalized spacial score (nSPS) is 11.7. The Bertz CT molecular complexity index is 511. The number of rotatable bonds is 2. The lowest BCUT2D eigenvalue weighted by Crippen LogP contribution is -2.11. The van der Waals surface area contributed by atoms with Crippen molar-refractivity contribution in [3.63, 3.8) is 0 Å². The molecule has 2 heterocycles. The first-order valence-electron chi connectivity index (χ1n) is 5.60. The summed E-state index contributed by atoms with van der Waals surface area (Å²) in [5.74, 6) is 0. The minimum Gasteiger partial charge on any atom is -0.399 e. The molecule has 0 atom stereocenters. The summed E-state index contributed by atoms with van der Waals surface area (Å²) in [6, 6.07) is 3.70. The van der Waals surface area contributed by atoms with Crippen LogP contribution in [-0.2, 0) is 11.8 Å². The zero-order chi connectivity index (χ0) is 12.5. The van der Waals surface area contributed by atoms with Gasteiger partial charge in [-0.25, -0.2) is 4.98 Å². The van der Waals surface area contributed by atoms with Crippen molar-refractivity contribution in [1.29, 1.82) is 0 Å². The number of hydrogen-bond donors (Lipinski definition) is 1. The summed E-state index contributed by atoms with van der Waals surface area (Å²) >= 11 is 1.69. The van der Waals surface area contributed by atoms with Crippen LogP contribution in [0.2, 0.25) is 0 Å². The van der Waals surface area contributed by atoms with Gasteiger partial charge in [0.15, 0.2) is 0 Å². The Balaban J connectivity index is 2.17. The van der Waals surface area contributed by atoms with Crippen LogP contribution in [-0.4, -0.2) is 9.97 Å². The number of nitrogen functional groups attached to an aromatic ring is 1. The van der Waals surface area contributed by atoms with Crippen molar-refractivity contribution >= 4 is 17.0 Å². The predicted octanol–water partition coefficient (Wildman–Crippen LogP) is 3.01. The molecule has 0 aliphatic heterocycles. The van der Waals surface area contributed by atoms with E-state index < -0.39 is 0 Å². The summed E-state index contributed by atoms with van der Waals surface area (Å²) in [4.78, 5) is 8.94. The summed E-state index contributed by atoms with van der Waals surface area (Å²) in [7, 11) is 0. The van der Waals surface area contributed by atoms with E-state index in [0.29, 0.717) is 0 Å². The quantitative estimate of drug-likeness (QED) is 0.887. The third-order valence-corrected chi connectivity index (χ3v) is 3.34. The number of hydrogen-bond acceptors (Lipinski definition) is 4. The maximum atomic E-state index is 5.73. The van der Waals surface area contributed by atoms with E-state index in [-0.39, 0.29) is 5.41 Å². The van der Waals surface area contributed by atoms with Gasteiger partial charge in [-0.1, -0.05) is 20.8 Å². The van der Waals surface area contributed by atoms with Gasteiger partial charge >= 0.3 is 0 Å². The van der Waals surface area contributed by atoms with Gasteiger partial charge in [0.05, 0.1) is 10.7 Å². The maximum Gasteiger partial charge on any atom is 0.0988 e. The van der Waals surface area contributed by atoms with Crippen LogP contribution in [0.3, 0.4) is 0 Å². The summed E-state index contributed by atoms with van der Waals surface area (Å²) < 4.78 is 0. The molecule has 0 aliphatic carbocycles. The summed E-state index contributed by atoms with van der Waals surface area (Å²) in [6.07, 6.45) is 2.49. The second-order valence-electron chi connectivity index (χ2n) is 5.13. The van der Waals surface area contributed by atoms with Gasteiger partial charge < -0.3 is 5.73 Å². The first-order chi connectivity index (χ1) is 7.95. The average molecular weight is 247 g/mol. The highest BCUT2D eigenvalue weighted by atomic mass is 32.1. The summed E-state index contributed by atoms with van der Waals surface area (Å²) in [5.41, 5.74) is 8.70. The van der Waals surface area contributed by atoms with Gasteiger partial charge in [-0.2, -0.15) is 0 Å². The minimum atomic E-state index is 0.109. The Hall–Kier alpha value is -1.42. The largest absolute Gasteiger partial charge is 0.399 e. The lowest BCUT2D eigenvalue weighted by molar-refractivity contribution is 0.571. The highest BCUT2D eigenvalue weighted by molar-refractivity contribution is 7.09. The highest BCUT2D eigenvalue weighted by Crippen LogP contribution is 2.24. The molecule has 0 aliphatic rings. The van der Waals surface area contributed by atoms with Crippen molar-refractivity contribution in [1.82, 2.24) is 9.97 Å². The van der Waals surface area contributed by atoms with E-state index in [0.717, 1.165) is 28.5 Å². The molecule has 0 radical (unpaired) electrons. The van der Waals surface area contributed by atoms with E-state index in [9.17, 15) is 0 Å². The zero-order valence-electron chi connectivity index (χ0n) is 10.4. The van der Waals surface area contributed by atoms with Crippen LogP contribution in [0.25, 0.3) is 0 Å². The Morgan fingerprint density at radius 3 is 2.71 bits per heavy atom. The second-order valence-corrected chi connectivity index (χ2v) is 6.08. The molecule has 0 spiro atoms. The fraction of sp³-hybridized carbons (Fsp3) is 0.385. The molecule has 0 saturated heterocycles. The van der Waals surface area contributed by atoms with Gasteiger partial charge in [-0.3, -0.25) is 4.98 Å². The second kappa shape index (κ2) is 4.45. The van der Waals surface area contributed by atoms with Crippen molar-refractivity contribution in [2.45, 2.75) is 32.6 Å². The highest BCUT2D eigenvalue weighted by Gasteiger charge is 2.17. The first-order valence-corrected chi connectivity index (χ1v) is 6.48. The molecular formula is C13H17N3S. The molecule has 0 unspecified atom stereocenters. The molecule has 17 heavy (non-hydrogen) atoms. The smallest absolute Gasteiger partial charge is 0.0988 e. The molecule has 0 bridgehead atoms. The van der Waals surface area contributed by atoms with E-state index in [1.165, 1.54) is 0 Å². The van der Waals surface area contributed by atoms with Crippen LogP contribution >= 0.6 is 11.3 Å². The predicted molar refractivity (Wildman–Crippen MR) is 72.3 cm³/mol. The molecule has 0 aromatic carbocycles. The van der Waals surface area contributed by atoms with Crippen molar-refractivity contribution < 1.29 is 0 Å². The van der Waals surface area contributed by atoms with Crippen molar-refractivity contribution in [2.75, 3.05) is 5.73 Å². The first kappa shape index (κ1) is 12.0. The van der Waals surface area contributed by atoms with Crippen LogP contribution in [0.1, 0.15) is 37.2 Å². The molecular weight excluding hydrogens is 230 g/mol. The van der Waals surface area contributed by atoms with Crippen LogP contribution in [0.15, 0.2) is 23.7 Å². The van der Waals surface area contributed by atoms with E-state index in [2.05, 4.69) is 36.1 Å². The van der Waals surface area contributed by atoms with E-state index in [1.807, 2.05) is 6.07 Å². The van der Waals surface area contributed by atoms with Crippen molar-refractivity contribution in [3.8, 4) is 0 Å². The lowest BCUT2D eigenvalue weighted by Gasteiger charge is -2.14. The van der Waals surface area contributed by atoms with Crippen LogP contribution in [0.4, 0.5) is 5.69 Å². The number of anilines is 1. The standard InChI is InChI=1S/C13H17N3S/c1-13(2,3)11-8-17-12(16-11)7-10-6-9(14)4-5-15-10/h4-6,8H,7H2,1-3H3,(H2,14,15). The Kier molecular flexibility index (Phi) is 3.15. The number of nitrogens with two attached hydrogens (primary N) is 1. The summed E-state index contributed by atoms with van der Waals surface area (Å²) in [6.45, 7) is 6.51. The molecule has 0 saturated carbocycles. The molecule has 2 aromatic heterocycles. The van der Waals surface area contributed by atoms with Gasteiger partial charge in [-0.05, 0) is 12.1 Å². The van der Waals surface area contributed by atoms with E-state index in [1.54, 1.807) is 23.6 Å². The molecule has 90 valence electrons. The van der Waals surface area contributed by atoms with Crippen LogP contribution < -0.4 is 5.73 Å². The van der Waals surface area contributed by atoms with Crippen molar-refractivity contribution in [3.05, 3.63) is 40.1 Å². The third-order valence-electron chi connectivity index (χ3n) is 2.49. The van der Waals surface area contributed by atoms with E-state index in [4.69, 9.17) is 5.73 Å². The van der Waals surface area contributed by atoms with Gasteiger partial charge in [0.25, 0.3) is 0 Å². The zero-order valence-corrected chi connectivity index (χ0v) is 11.2. The van der Waals surface area contributed by atoms with Crippen molar-refractivity contribution in [2.24, 2.45) is 0 Å². The number of pyridine rings is 1. The van der Waals surface area contributed by atoms with Crippen LogP contribution in [0, 0.1) is 0 Å². The Morgan fingerprint density at radius 2 is 2.12 bits per heavy atom. The molecule has 3 nitrogen and oxygen atoms in total.